The van der Waals surface area contributed by atoms with Crippen LogP contribution in [0.4, 0.5) is 5.82 Å². The molecule has 3 heterocycles. The molecule has 1 amide bonds. The summed E-state index contributed by atoms with van der Waals surface area (Å²) in [7, 11) is 1.56. The van der Waals surface area contributed by atoms with Gasteiger partial charge in [-0.05, 0) is 37.6 Å². The fourth-order valence-corrected chi connectivity index (χ4v) is 2.90. The Hall–Kier alpha value is -3.94. The van der Waals surface area contributed by atoms with Crippen LogP contribution in [0.15, 0.2) is 53.3 Å². The number of benzene rings is 1. The highest BCUT2D eigenvalue weighted by Gasteiger charge is 2.12. The van der Waals surface area contributed by atoms with E-state index in [4.69, 9.17) is 14.0 Å². The number of hydrogen-bond acceptors (Lipinski definition) is 7. The molecule has 0 saturated carbocycles. The molecule has 0 atom stereocenters. The molecule has 152 valence electrons. The molecular weight excluding hydrogens is 384 g/mol. The summed E-state index contributed by atoms with van der Waals surface area (Å²) in [4.78, 5) is 20.8. The Morgan fingerprint density at radius 2 is 1.93 bits per heavy atom. The summed E-state index contributed by atoms with van der Waals surface area (Å²) >= 11 is 0. The number of ether oxygens (including phenoxy) is 2. The predicted molar refractivity (Wildman–Crippen MR) is 111 cm³/mol. The van der Waals surface area contributed by atoms with Gasteiger partial charge in [0.1, 0.15) is 17.3 Å². The molecule has 8 heteroatoms. The Balaban J connectivity index is 1.44. The SMILES string of the molecule is COc1cc2nccc(Oc3ccc(CC(=O)Nc4noc(C)c4C)cc3)c2cn1. The number of amides is 1. The maximum atomic E-state index is 12.3. The minimum Gasteiger partial charge on any atom is -0.481 e. The Labute approximate surface area is 172 Å². The standard InChI is InChI=1S/C22H20N4O4/c1-13-14(2)30-26-22(13)25-20(27)10-15-4-6-16(7-5-15)29-19-8-9-23-18-11-21(28-3)24-12-17(18)19/h4-9,11-12H,10H2,1-3H3,(H,25,26,27). The van der Waals surface area contributed by atoms with Crippen molar-refractivity contribution in [3.05, 3.63) is 65.7 Å². The van der Waals surface area contributed by atoms with Gasteiger partial charge in [-0.3, -0.25) is 9.78 Å². The van der Waals surface area contributed by atoms with Crippen molar-refractivity contribution < 1.29 is 18.8 Å². The number of aromatic nitrogens is 3. The zero-order valence-electron chi connectivity index (χ0n) is 16.8. The van der Waals surface area contributed by atoms with Gasteiger partial charge in [0.2, 0.25) is 11.8 Å². The second kappa shape index (κ2) is 8.20. The minimum absolute atomic E-state index is 0.166. The topological polar surface area (TPSA) is 99.4 Å². The number of anilines is 1. The monoisotopic (exact) mass is 404 g/mol. The first-order valence-electron chi connectivity index (χ1n) is 9.32. The number of fused-ring (bicyclic) bond motifs is 1. The largest absolute Gasteiger partial charge is 0.481 e. The van der Waals surface area contributed by atoms with Crippen molar-refractivity contribution in [2.24, 2.45) is 0 Å². The van der Waals surface area contributed by atoms with Crippen molar-refractivity contribution in [1.82, 2.24) is 15.1 Å². The van der Waals surface area contributed by atoms with E-state index in [1.165, 1.54) is 0 Å². The zero-order valence-corrected chi connectivity index (χ0v) is 16.8. The van der Waals surface area contributed by atoms with E-state index in [1.807, 2.05) is 31.2 Å². The van der Waals surface area contributed by atoms with Crippen LogP contribution in [0.2, 0.25) is 0 Å². The van der Waals surface area contributed by atoms with Crippen molar-refractivity contribution >= 4 is 22.6 Å². The van der Waals surface area contributed by atoms with Gasteiger partial charge in [-0.1, -0.05) is 17.3 Å². The van der Waals surface area contributed by atoms with Crippen LogP contribution in [0.5, 0.6) is 17.4 Å². The molecule has 4 aromatic rings. The summed E-state index contributed by atoms with van der Waals surface area (Å²) < 4.78 is 16.2. The predicted octanol–water partition coefficient (Wildman–Crippen LogP) is 4.22. The van der Waals surface area contributed by atoms with Gasteiger partial charge in [-0.2, -0.15) is 0 Å². The molecule has 1 aromatic carbocycles. The third-order valence-corrected chi connectivity index (χ3v) is 4.70. The van der Waals surface area contributed by atoms with Crippen LogP contribution in [0.25, 0.3) is 10.9 Å². The van der Waals surface area contributed by atoms with E-state index in [1.54, 1.807) is 38.6 Å². The molecule has 1 N–H and O–H groups in total. The maximum Gasteiger partial charge on any atom is 0.230 e. The summed E-state index contributed by atoms with van der Waals surface area (Å²) in [6.45, 7) is 3.65. The number of carbonyl (C=O) groups is 1. The van der Waals surface area contributed by atoms with E-state index in [9.17, 15) is 4.79 Å². The Morgan fingerprint density at radius 3 is 2.63 bits per heavy atom. The van der Waals surface area contributed by atoms with Crippen molar-refractivity contribution in [3.63, 3.8) is 0 Å². The van der Waals surface area contributed by atoms with E-state index in [-0.39, 0.29) is 12.3 Å². The summed E-state index contributed by atoms with van der Waals surface area (Å²) in [5.41, 5.74) is 2.40. The Kier molecular flexibility index (Phi) is 5.30. The van der Waals surface area contributed by atoms with E-state index in [0.717, 1.165) is 22.0 Å². The van der Waals surface area contributed by atoms with Gasteiger partial charge in [-0.25, -0.2) is 4.98 Å². The first kappa shape index (κ1) is 19.4. The van der Waals surface area contributed by atoms with Crippen LogP contribution in [-0.2, 0) is 11.2 Å². The Bertz CT molecular complexity index is 1200. The zero-order chi connectivity index (χ0) is 21.1. The summed E-state index contributed by atoms with van der Waals surface area (Å²) in [5.74, 6) is 2.74. The number of aryl methyl sites for hydroxylation is 1. The number of rotatable bonds is 6. The molecule has 30 heavy (non-hydrogen) atoms. The van der Waals surface area contributed by atoms with E-state index in [0.29, 0.717) is 29.0 Å². The van der Waals surface area contributed by atoms with Crippen LogP contribution < -0.4 is 14.8 Å². The molecule has 0 spiro atoms. The molecule has 0 radical (unpaired) electrons. The molecule has 8 nitrogen and oxygen atoms in total. The molecule has 0 saturated heterocycles. The van der Waals surface area contributed by atoms with E-state index in [2.05, 4.69) is 20.4 Å². The molecule has 0 unspecified atom stereocenters. The average molecular weight is 404 g/mol. The Morgan fingerprint density at radius 1 is 1.13 bits per heavy atom. The average Bonchev–Trinajstić information content (AvgIpc) is 3.07. The minimum atomic E-state index is -0.166. The molecule has 0 aliphatic heterocycles. The third-order valence-electron chi connectivity index (χ3n) is 4.70. The fraction of sp³-hybridized carbons (Fsp3) is 0.182. The lowest BCUT2D eigenvalue weighted by molar-refractivity contribution is -0.115. The maximum absolute atomic E-state index is 12.3. The van der Waals surface area contributed by atoms with Crippen molar-refractivity contribution in [2.45, 2.75) is 20.3 Å². The first-order chi connectivity index (χ1) is 14.5. The van der Waals surface area contributed by atoms with Crippen LogP contribution in [-0.4, -0.2) is 28.1 Å². The lowest BCUT2D eigenvalue weighted by Crippen LogP contribution is -2.15. The molecule has 0 bridgehead atoms. The number of nitrogens with one attached hydrogen (secondary N) is 1. The first-order valence-corrected chi connectivity index (χ1v) is 9.32. The lowest BCUT2D eigenvalue weighted by atomic mass is 10.1. The highest BCUT2D eigenvalue weighted by atomic mass is 16.5. The molecule has 0 aliphatic carbocycles. The molecule has 3 aromatic heterocycles. The van der Waals surface area contributed by atoms with Gasteiger partial charge in [0.15, 0.2) is 5.82 Å². The molecule has 4 rings (SSSR count). The second-order valence-electron chi connectivity index (χ2n) is 6.74. The normalized spacial score (nSPS) is 10.8. The second-order valence-corrected chi connectivity index (χ2v) is 6.74. The van der Waals surface area contributed by atoms with Crippen molar-refractivity contribution in [1.29, 1.82) is 0 Å². The van der Waals surface area contributed by atoms with E-state index >= 15 is 0 Å². The van der Waals surface area contributed by atoms with Crippen LogP contribution in [0.3, 0.4) is 0 Å². The number of carbonyl (C=O) groups excluding carboxylic acids is 1. The van der Waals surface area contributed by atoms with Gasteiger partial charge < -0.3 is 19.3 Å². The molecule has 0 aliphatic rings. The summed E-state index contributed by atoms with van der Waals surface area (Å²) in [5, 5.41) is 7.39. The number of hydrogen-bond donors (Lipinski definition) is 1. The van der Waals surface area contributed by atoms with E-state index < -0.39 is 0 Å². The van der Waals surface area contributed by atoms with Crippen LogP contribution in [0.1, 0.15) is 16.9 Å². The quantitative estimate of drug-likeness (QED) is 0.514. The van der Waals surface area contributed by atoms with Gasteiger partial charge in [0.05, 0.1) is 24.4 Å². The molecule has 0 fully saturated rings. The number of nitrogens with zero attached hydrogens (tertiary/aromatic N) is 3. The van der Waals surface area contributed by atoms with Gasteiger partial charge in [0, 0.05) is 24.0 Å². The van der Waals surface area contributed by atoms with Crippen molar-refractivity contribution in [3.8, 4) is 17.4 Å². The van der Waals surface area contributed by atoms with Crippen LogP contribution in [0, 0.1) is 13.8 Å². The lowest BCUT2D eigenvalue weighted by Gasteiger charge is -2.10. The fourth-order valence-electron chi connectivity index (χ4n) is 2.90. The smallest absolute Gasteiger partial charge is 0.230 e. The number of methoxy groups -OCH3 is 1. The highest BCUT2D eigenvalue weighted by Crippen LogP contribution is 2.29. The summed E-state index contributed by atoms with van der Waals surface area (Å²) in [6.07, 6.45) is 3.56. The van der Waals surface area contributed by atoms with Crippen LogP contribution >= 0.6 is 0 Å². The van der Waals surface area contributed by atoms with Gasteiger partial charge >= 0.3 is 0 Å². The summed E-state index contributed by atoms with van der Waals surface area (Å²) in [6, 6.07) is 10.9. The van der Waals surface area contributed by atoms with Gasteiger partial charge in [-0.15, -0.1) is 0 Å². The van der Waals surface area contributed by atoms with Gasteiger partial charge in [0.25, 0.3) is 0 Å². The number of pyridine rings is 2. The van der Waals surface area contributed by atoms with Crippen molar-refractivity contribution in [2.75, 3.05) is 12.4 Å². The highest BCUT2D eigenvalue weighted by molar-refractivity contribution is 5.92. The third kappa shape index (κ3) is 4.07. The molecular formula is C22H20N4O4.